The molecule has 21 heavy (non-hydrogen) atoms. The smallest absolute Gasteiger partial charge is 0.127 e. The van der Waals surface area contributed by atoms with Gasteiger partial charge in [-0.1, -0.05) is 30.3 Å². The van der Waals surface area contributed by atoms with Crippen molar-refractivity contribution in [2.75, 3.05) is 11.9 Å². The molecule has 1 atom stereocenters. The number of anilines is 1. The summed E-state index contributed by atoms with van der Waals surface area (Å²) in [5.41, 5.74) is 6.32. The molecule has 1 aliphatic heterocycles. The molecule has 1 aliphatic rings. The molecule has 0 bridgehead atoms. The highest BCUT2D eigenvalue weighted by atomic mass is 16.5. The van der Waals surface area contributed by atoms with E-state index in [2.05, 4.69) is 62.5 Å². The largest absolute Gasteiger partial charge is 0.493 e. The topological polar surface area (TPSA) is 21.3 Å². The van der Waals surface area contributed by atoms with Gasteiger partial charge in [0.05, 0.1) is 12.6 Å². The van der Waals surface area contributed by atoms with Crippen molar-refractivity contribution < 1.29 is 4.74 Å². The summed E-state index contributed by atoms with van der Waals surface area (Å²) < 4.78 is 5.96. The fraction of sp³-hybridized carbons (Fsp3) is 0.368. The van der Waals surface area contributed by atoms with Crippen LogP contribution in [0.5, 0.6) is 5.75 Å². The highest BCUT2D eigenvalue weighted by Gasteiger charge is 2.21. The van der Waals surface area contributed by atoms with Crippen molar-refractivity contribution in [1.29, 1.82) is 0 Å². The van der Waals surface area contributed by atoms with E-state index < -0.39 is 0 Å². The van der Waals surface area contributed by atoms with Crippen molar-refractivity contribution in [3.05, 3.63) is 58.7 Å². The lowest BCUT2D eigenvalue weighted by Crippen LogP contribution is -2.11. The standard InChI is InChI=1S/C19H23NO/c1-13-9-10-14(2)18(12-13)20-17-8-5-11-21-19-15(3)6-4-7-16(17)19/h4,6-7,9-10,12,17,20H,5,8,11H2,1-3H3. The van der Waals surface area contributed by atoms with Crippen LogP contribution < -0.4 is 10.1 Å². The number of nitrogens with one attached hydrogen (secondary N) is 1. The van der Waals surface area contributed by atoms with Gasteiger partial charge in [-0.15, -0.1) is 0 Å². The third kappa shape index (κ3) is 2.90. The van der Waals surface area contributed by atoms with Gasteiger partial charge in [-0.2, -0.15) is 0 Å². The number of hydrogen-bond acceptors (Lipinski definition) is 2. The second-order valence-electron chi connectivity index (χ2n) is 6.00. The van der Waals surface area contributed by atoms with Gasteiger partial charge in [0.25, 0.3) is 0 Å². The Hall–Kier alpha value is -1.96. The van der Waals surface area contributed by atoms with Crippen molar-refractivity contribution in [3.63, 3.8) is 0 Å². The quantitative estimate of drug-likeness (QED) is 0.842. The van der Waals surface area contributed by atoms with Gasteiger partial charge in [0.15, 0.2) is 0 Å². The molecule has 0 amide bonds. The van der Waals surface area contributed by atoms with Gasteiger partial charge in [-0.25, -0.2) is 0 Å². The summed E-state index contributed by atoms with van der Waals surface area (Å²) in [7, 11) is 0. The lowest BCUT2D eigenvalue weighted by Gasteiger charge is -2.22. The predicted octanol–water partition coefficient (Wildman–Crippen LogP) is 4.94. The fourth-order valence-corrected chi connectivity index (χ4v) is 2.99. The zero-order valence-electron chi connectivity index (χ0n) is 13.1. The molecule has 1 N–H and O–H groups in total. The van der Waals surface area contributed by atoms with Gasteiger partial charge in [0.2, 0.25) is 0 Å². The summed E-state index contributed by atoms with van der Waals surface area (Å²) in [6, 6.07) is 13.3. The van der Waals surface area contributed by atoms with E-state index in [9.17, 15) is 0 Å². The van der Waals surface area contributed by atoms with Crippen molar-refractivity contribution in [3.8, 4) is 5.75 Å². The first-order chi connectivity index (χ1) is 10.1. The summed E-state index contributed by atoms with van der Waals surface area (Å²) in [5.74, 6) is 1.07. The Morgan fingerprint density at radius 1 is 1.05 bits per heavy atom. The fourth-order valence-electron chi connectivity index (χ4n) is 2.99. The molecular weight excluding hydrogens is 258 g/mol. The molecule has 0 aliphatic carbocycles. The third-order valence-corrected chi connectivity index (χ3v) is 4.22. The maximum Gasteiger partial charge on any atom is 0.127 e. The van der Waals surface area contributed by atoms with E-state index in [0.717, 1.165) is 25.2 Å². The van der Waals surface area contributed by atoms with Gasteiger partial charge in [0, 0.05) is 11.3 Å². The van der Waals surface area contributed by atoms with Crippen molar-refractivity contribution in [1.82, 2.24) is 0 Å². The average molecular weight is 281 g/mol. The number of aryl methyl sites for hydroxylation is 3. The summed E-state index contributed by atoms with van der Waals surface area (Å²) in [4.78, 5) is 0. The van der Waals surface area contributed by atoms with Gasteiger partial charge in [-0.05, 0) is 56.4 Å². The van der Waals surface area contributed by atoms with Crippen LogP contribution in [0.1, 0.15) is 41.1 Å². The van der Waals surface area contributed by atoms with E-state index in [-0.39, 0.29) is 0 Å². The molecule has 2 heteroatoms. The number of ether oxygens (including phenoxy) is 1. The van der Waals surface area contributed by atoms with Crippen LogP contribution in [0.15, 0.2) is 36.4 Å². The molecular formula is C19H23NO. The van der Waals surface area contributed by atoms with Crippen molar-refractivity contribution >= 4 is 5.69 Å². The third-order valence-electron chi connectivity index (χ3n) is 4.22. The molecule has 3 rings (SSSR count). The lowest BCUT2D eigenvalue weighted by molar-refractivity contribution is 0.314. The molecule has 0 saturated carbocycles. The van der Waals surface area contributed by atoms with Crippen LogP contribution >= 0.6 is 0 Å². The summed E-state index contributed by atoms with van der Waals surface area (Å²) in [6.45, 7) is 7.23. The molecule has 2 aromatic rings. The SMILES string of the molecule is Cc1ccc(C)c(NC2CCCOc3c(C)cccc32)c1. The summed E-state index contributed by atoms with van der Waals surface area (Å²) in [6.07, 6.45) is 2.18. The first-order valence-electron chi connectivity index (χ1n) is 7.71. The minimum Gasteiger partial charge on any atom is -0.493 e. The number of fused-ring (bicyclic) bond motifs is 1. The first-order valence-corrected chi connectivity index (χ1v) is 7.71. The molecule has 0 spiro atoms. The molecule has 0 saturated heterocycles. The van der Waals surface area contributed by atoms with E-state index in [1.807, 2.05) is 0 Å². The molecule has 0 aromatic heterocycles. The van der Waals surface area contributed by atoms with Crippen molar-refractivity contribution in [2.24, 2.45) is 0 Å². The van der Waals surface area contributed by atoms with E-state index in [0.29, 0.717) is 6.04 Å². The van der Waals surface area contributed by atoms with Crippen LogP contribution in [0.3, 0.4) is 0 Å². The van der Waals surface area contributed by atoms with Gasteiger partial charge < -0.3 is 10.1 Å². The summed E-state index contributed by atoms with van der Waals surface area (Å²) >= 11 is 0. The first kappa shape index (κ1) is 14.0. The molecule has 1 heterocycles. The Morgan fingerprint density at radius 3 is 2.76 bits per heavy atom. The Labute approximate surface area is 127 Å². The van der Waals surface area contributed by atoms with Crippen LogP contribution in [0.4, 0.5) is 5.69 Å². The minimum absolute atomic E-state index is 0.322. The van der Waals surface area contributed by atoms with E-state index in [4.69, 9.17) is 4.74 Å². The molecule has 2 aromatic carbocycles. The van der Waals surface area contributed by atoms with Crippen LogP contribution in [0.2, 0.25) is 0 Å². The van der Waals surface area contributed by atoms with Crippen LogP contribution in [0, 0.1) is 20.8 Å². The van der Waals surface area contributed by atoms with E-state index in [1.165, 1.54) is 27.9 Å². The van der Waals surface area contributed by atoms with Gasteiger partial charge >= 0.3 is 0 Å². The maximum atomic E-state index is 5.96. The number of para-hydroxylation sites is 1. The maximum absolute atomic E-state index is 5.96. The Bertz CT molecular complexity index is 648. The highest BCUT2D eigenvalue weighted by Crippen LogP contribution is 2.36. The van der Waals surface area contributed by atoms with Crippen molar-refractivity contribution in [2.45, 2.75) is 39.7 Å². The number of rotatable bonds is 2. The predicted molar refractivity (Wildman–Crippen MR) is 88.2 cm³/mol. The zero-order valence-corrected chi connectivity index (χ0v) is 13.1. The van der Waals surface area contributed by atoms with Gasteiger partial charge in [-0.3, -0.25) is 0 Å². The zero-order chi connectivity index (χ0) is 14.8. The lowest BCUT2D eigenvalue weighted by atomic mass is 9.99. The number of hydrogen-bond donors (Lipinski definition) is 1. The Morgan fingerprint density at radius 2 is 1.90 bits per heavy atom. The highest BCUT2D eigenvalue weighted by molar-refractivity contribution is 5.55. The molecule has 2 nitrogen and oxygen atoms in total. The van der Waals surface area contributed by atoms with Gasteiger partial charge in [0.1, 0.15) is 5.75 Å². The summed E-state index contributed by atoms with van der Waals surface area (Å²) in [5, 5.41) is 3.73. The molecule has 110 valence electrons. The van der Waals surface area contributed by atoms with E-state index in [1.54, 1.807) is 0 Å². The van der Waals surface area contributed by atoms with Crippen LogP contribution in [0.25, 0.3) is 0 Å². The molecule has 0 radical (unpaired) electrons. The second-order valence-corrected chi connectivity index (χ2v) is 6.00. The number of benzene rings is 2. The Kier molecular flexibility index (Phi) is 3.87. The molecule has 1 unspecified atom stereocenters. The Balaban J connectivity index is 1.96. The minimum atomic E-state index is 0.322. The second kappa shape index (κ2) is 5.80. The van der Waals surface area contributed by atoms with Crippen LogP contribution in [-0.4, -0.2) is 6.61 Å². The molecule has 0 fully saturated rings. The average Bonchev–Trinajstić information content (AvgIpc) is 2.67. The normalized spacial score (nSPS) is 17.6. The monoisotopic (exact) mass is 281 g/mol. The van der Waals surface area contributed by atoms with E-state index >= 15 is 0 Å². The van der Waals surface area contributed by atoms with Crippen LogP contribution in [-0.2, 0) is 0 Å².